The highest BCUT2D eigenvalue weighted by Crippen LogP contribution is 2.60. The van der Waals surface area contributed by atoms with Gasteiger partial charge in [0.2, 0.25) is 0 Å². The lowest BCUT2D eigenvalue weighted by Gasteiger charge is -2.41. The topological polar surface area (TPSA) is 26.0 Å². The van der Waals surface area contributed by atoms with Crippen molar-refractivity contribution in [2.45, 2.75) is 117 Å². The summed E-state index contributed by atoms with van der Waals surface area (Å²) in [5, 5.41) is 4.06. The van der Waals surface area contributed by atoms with Crippen LogP contribution in [0.25, 0.3) is 12.2 Å². The molecule has 0 saturated heterocycles. The first kappa shape index (κ1) is 28.7. The predicted molar refractivity (Wildman–Crippen MR) is 151 cm³/mol. The second-order valence-corrected chi connectivity index (χ2v) is 20.8. The van der Waals surface area contributed by atoms with Gasteiger partial charge in [0.05, 0.1) is 0 Å². The fourth-order valence-corrected chi connectivity index (χ4v) is 12.5. The number of rotatable bonds is 6. The second-order valence-electron chi connectivity index (χ2n) is 12.8. The third-order valence-electron chi connectivity index (χ3n) is 5.83. The molecule has 0 aromatic heterocycles. The molecule has 0 atom stereocenters. The zero-order valence-electron chi connectivity index (χ0n) is 22.7. The Morgan fingerprint density at radius 3 is 1.42 bits per heavy atom. The van der Waals surface area contributed by atoms with Gasteiger partial charge in [-0.2, -0.15) is 0 Å². The van der Waals surface area contributed by atoms with Gasteiger partial charge in [-0.3, -0.25) is 0 Å². The molecule has 0 radical (unpaired) electrons. The van der Waals surface area contributed by atoms with Crippen molar-refractivity contribution in [3.05, 3.63) is 28.6 Å². The van der Waals surface area contributed by atoms with Crippen molar-refractivity contribution in [3.8, 4) is 0 Å². The van der Waals surface area contributed by atoms with Gasteiger partial charge >= 0.3 is 0 Å². The number of hydrogen-bond acceptors (Lipinski definition) is 1. The van der Waals surface area contributed by atoms with E-state index < -0.39 is 0 Å². The summed E-state index contributed by atoms with van der Waals surface area (Å²) in [7, 11) is -0.156. The van der Waals surface area contributed by atoms with Crippen molar-refractivity contribution in [3.63, 3.8) is 0 Å². The molecule has 0 spiro atoms. The van der Waals surface area contributed by atoms with Crippen LogP contribution in [0.5, 0.6) is 0 Å². The maximum atomic E-state index is 6.44. The maximum absolute atomic E-state index is 6.44. The van der Waals surface area contributed by atoms with Gasteiger partial charge in [-0.25, -0.2) is 0 Å². The van der Waals surface area contributed by atoms with Gasteiger partial charge in [0, 0.05) is 10.9 Å². The quantitative estimate of drug-likeness (QED) is 0.338. The summed E-state index contributed by atoms with van der Waals surface area (Å²) in [6.45, 7) is 28.9. The Hall–Kier alpha value is -0.380. The zero-order chi connectivity index (χ0) is 24.3. The average Bonchev–Trinajstić information content (AvgIpc) is 2.52. The van der Waals surface area contributed by atoms with Crippen LogP contribution in [0.4, 0.5) is 5.69 Å². The van der Waals surface area contributed by atoms with E-state index >= 15 is 0 Å². The first-order valence-corrected chi connectivity index (χ1v) is 15.0. The molecule has 1 nitrogen and oxygen atoms in total. The standard InChI is InChI=1S/C28H51NP2/c1-25(2,3)30(26(4,5)6)20-14-17-22-16-13-19-24(29)23(22)18-15-21-31(27(7,8)9)28(10,11)12/h13,16-19H,14-15,20-21,29H2,1-12H3. The molecule has 0 aliphatic heterocycles. The van der Waals surface area contributed by atoms with E-state index in [1.807, 2.05) is 0 Å². The largest absolute Gasteiger partial charge is 0.398 e. The fraction of sp³-hybridized carbons (Fsp3) is 0.714. The molecule has 0 amide bonds. The molecule has 3 heteroatoms. The smallest absolute Gasteiger partial charge is 0.0390 e. The van der Waals surface area contributed by atoms with E-state index in [1.54, 1.807) is 0 Å². The molecule has 0 aliphatic rings. The summed E-state index contributed by atoms with van der Waals surface area (Å²) in [6.07, 6.45) is 9.61. The van der Waals surface area contributed by atoms with Crippen LogP contribution in [-0.4, -0.2) is 32.9 Å². The van der Waals surface area contributed by atoms with Gasteiger partial charge in [0.25, 0.3) is 0 Å². The Bertz CT molecular complexity index is 783. The molecule has 0 bridgehead atoms. The summed E-state index contributed by atoms with van der Waals surface area (Å²) in [6, 6.07) is 6.40. The fourth-order valence-electron chi connectivity index (χ4n) is 5.06. The lowest BCUT2D eigenvalue weighted by Crippen LogP contribution is -2.29. The van der Waals surface area contributed by atoms with E-state index in [9.17, 15) is 0 Å². The van der Waals surface area contributed by atoms with Crippen LogP contribution in [0.1, 0.15) is 95.9 Å². The molecule has 31 heavy (non-hydrogen) atoms. The normalized spacial score (nSPS) is 15.4. The van der Waals surface area contributed by atoms with Gasteiger partial charge in [-0.05, 0) is 57.1 Å². The van der Waals surface area contributed by atoms with Crippen LogP contribution < -0.4 is 16.2 Å². The van der Waals surface area contributed by atoms with Crippen molar-refractivity contribution in [1.82, 2.24) is 0 Å². The van der Waals surface area contributed by atoms with Crippen LogP contribution in [0, 0.1) is 0 Å². The molecule has 1 aromatic rings. The summed E-state index contributed by atoms with van der Waals surface area (Å²) >= 11 is 0. The molecule has 1 rings (SSSR count). The Morgan fingerprint density at radius 1 is 0.645 bits per heavy atom. The van der Waals surface area contributed by atoms with E-state index in [2.05, 4.69) is 113 Å². The van der Waals surface area contributed by atoms with E-state index in [4.69, 9.17) is 5.73 Å². The third-order valence-corrected chi connectivity index (χ3v) is 13.7. The highest BCUT2D eigenvalue weighted by molar-refractivity contribution is 7.61. The highest BCUT2D eigenvalue weighted by atomic mass is 31.1. The van der Waals surface area contributed by atoms with Crippen molar-refractivity contribution in [2.24, 2.45) is 0 Å². The second kappa shape index (κ2) is 10.7. The van der Waals surface area contributed by atoms with Gasteiger partial charge < -0.3 is 5.73 Å². The summed E-state index contributed by atoms with van der Waals surface area (Å²) in [5.41, 5.74) is 7.35. The zero-order valence-corrected chi connectivity index (χ0v) is 24.5. The molecule has 0 aliphatic carbocycles. The first-order valence-electron chi connectivity index (χ1n) is 12.0. The SMILES string of the molecule is CC(C)(C)P(CCC=c1cccc(N)c1=CCCP(C(C)(C)C)C(C)(C)C)C(C)(C)C. The molecular formula is C28H51NP2. The van der Waals surface area contributed by atoms with Crippen LogP contribution in [0.2, 0.25) is 0 Å². The average molecular weight is 464 g/mol. The highest BCUT2D eigenvalue weighted by Gasteiger charge is 2.34. The predicted octanol–water partition coefficient (Wildman–Crippen LogP) is 7.77. The molecule has 0 fully saturated rings. The monoisotopic (exact) mass is 463 g/mol. The van der Waals surface area contributed by atoms with Crippen molar-refractivity contribution in [1.29, 1.82) is 0 Å². The summed E-state index contributed by atoms with van der Waals surface area (Å²) in [4.78, 5) is 0. The number of nitrogen functional groups attached to an aromatic ring is 1. The van der Waals surface area contributed by atoms with E-state index in [1.165, 1.54) is 22.8 Å². The van der Waals surface area contributed by atoms with Gasteiger partial charge in [0.1, 0.15) is 0 Å². The molecule has 2 N–H and O–H groups in total. The minimum Gasteiger partial charge on any atom is -0.398 e. The van der Waals surface area contributed by atoms with Crippen molar-refractivity contribution < 1.29 is 0 Å². The van der Waals surface area contributed by atoms with Crippen LogP contribution >= 0.6 is 15.8 Å². The van der Waals surface area contributed by atoms with E-state index in [0.29, 0.717) is 20.6 Å². The summed E-state index contributed by atoms with van der Waals surface area (Å²) in [5.74, 6) is 0. The van der Waals surface area contributed by atoms with E-state index in [-0.39, 0.29) is 15.8 Å². The maximum Gasteiger partial charge on any atom is 0.0390 e. The molecule has 178 valence electrons. The molecule has 0 heterocycles. The lowest BCUT2D eigenvalue weighted by atomic mass is 10.1. The molecular weight excluding hydrogens is 412 g/mol. The Kier molecular flexibility index (Phi) is 9.89. The number of nitrogens with two attached hydrogens (primary N) is 1. The Balaban J connectivity index is 3.14. The summed E-state index contributed by atoms with van der Waals surface area (Å²) < 4.78 is 0. The van der Waals surface area contributed by atoms with Crippen LogP contribution in [0.15, 0.2) is 18.2 Å². The van der Waals surface area contributed by atoms with Gasteiger partial charge in [0.15, 0.2) is 0 Å². The van der Waals surface area contributed by atoms with E-state index in [0.717, 1.165) is 18.5 Å². The third kappa shape index (κ3) is 9.18. The molecule has 1 aromatic carbocycles. The van der Waals surface area contributed by atoms with Crippen LogP contribution in [-0.2, 0) is 0 Å². The number of benzene rings is 1. The molecule has 0 saturated carbocycles. The minimum absolute atomic E-state index is 0.0722. The number of anilines is 1. The first-order chi connectivity index (χ1) is 13.8. The Morgan fingerprint density at radius 2 is 1.03 bits per heavy atom. The van der Waals surface area contributed by atoms with Gasteiger partial charge in [-0.1, -0.05) is 123 Å². The molecule has 0 unspecified atom stereocenters. The van der Waals surface area contributed by atoms with Crippen molar-refractivity contribution in [2.75, 3.05) is 18.1 Å². The Labute approximate surface area is 196 Å². The minimum atomic E-state index is -0.0837. The van der Waals surface area contributed by atoms with Crippen molar-refractivity contribution >= 4 is 33.7 Å². The lowest BCUT2D eigenvalue weighted by molar-refractivity contribution is 0.703. The van der Waals surface area contributed by atoms with Crippen LogP contribution in [0.3, 0.4) is 0 Å². The van der Waals surface area contributed by atoms with Gasteiger partial charge in [-0.15, -0.1) is 0 Å². The number of hydrogen-bond donors (Lipinski definition) is 1.